The summed E-state index contributed by atoms with van der Waals surface area (Å²) in [5, 5.41) is 2.38. The van der Waals surface area contributed by atoms with Gasteiger partial charge >= 0.3 is 0 Å². The van der Waals surface area contributed by atoms with Gasteiger partial charge in [-0.25, -0.2) is 0 Å². The van der Waals surface area contributed by atoms with E-state index in [1.54, 1.807) is 0 Å². The molecule has 0 bridgehead atoms. The van der Waals surface area contributed by atoms with E-state index in [1.165, 1.54) is 11.1 Å². The van der Waals surface area contributed by atoms with Crippen LogP contribution in [0.25, 0.3) is 0 Å². The summed E-state index contributed by atoms with van der Waals surface area (Å²) in [4.78, 5) is 26.1. The second-order valence-electron chi connectivity index (χ2n) is 8.09. The number of imide groups is 1. The van der Waals surface area contributed by atoms with Crippen LogP contribution in [0.15, 0.2) is 58.7 Å². The van der Waals surface area contributed by atoms with Gasteiger partial charge in [0, 0.05) is 18.7 Å². The molecule has 2 unspecified atom stereocenters. The Kier molecular flexibility index (Phi) is 9.33. The molecule has 1 aliphatic heterocycles. The maximum Gasteiger partial charge on any atom is 0.257 e. The SMILES string of the molecule is C/C=C(\C(=C1CCN(C)CC1)/C(=C\CC)C(=O)NC=O)C(C)CC1C=CC=CC1. The Morgan fingerprint density at radius 2 is 2.03 bits per heavy atom. The number of amides is 2. The van der Waals surface area contributed by atoms with E-state index in [4.69, 9.17) is 0 Å². The van der Waals surface area contributed by atoms with Gasteiger partial charge < -0.3 is 4.90 Å². The van der Waals surface area contributed by atoms with Gasteiger partial charge in [-0.15, -0.1) is 0 Å². The molecule has 158 valence electrons. The van der Waals surface area contributed by atoms with Crippen molar-refractivity contribution in [1.82, 2.24) is 10.2 Å². The molecule has 29 heavy (non-hydrogen) atoms. The van der Waals surface area contributed by atoms with Gasteiger partial charge in [0.25, 0.3) is 5.91 Å². The number of nitrogens with one attached hydrogen (secondary N) is 1. The van der Waals surface area contributed by atoms with Crippen LogP contribution in [0, 0.1) is 11.8 Å². The minimum Gasteiger partial charge on any atom is -0.306 e. The predicted octanol–water partition coefficient (Wildman–Crippen LogP) is 4.72. The van der Waals surface area contributed by atoms with Crippen LogP contribution in [-0.2, 0) is 9.59 Å². The molecule has 0 saturated carbocycles. The van der Waals surface area contributed by atoms with Gasteiger partial charge in [-0.2, -0.15) is 0 Å². The van der Waals surface area contributed by atoms with Crippen LogP contribution in [0.1, 0.15) is 52.9 Å². The van der Waals surface area contributed by atoms with Crippen molar-refractivity contribution < 1.29 is 9.59 Å². The molecule has 2 atom stereocenters. The highest BCUT2D eigenvalue weighted by Gasteiger charge is 2.26. The Bertz CT molecular complexity index is 730. The van der Waals surface area contributed by atoms with Crippen molar-refractivity contribution in [2.24, 2.45) is 11.8 Å². The molecule has 4 heteroatoms. The van der Waals surface area contributed by atoms with Crippen molar-refractivity contribution in [2.45, 2.75) is 52.9 Å². The zero-order valence-corrected chi connectivity index (χ0v) is 18.4. The highest BCUT2D eigenvalue weighted by Crippen LogP contribution is 2.37. The van der Waals surface area contributed by atoms with Crippen molar-refractivity contribution in [1.29, 1.82) is 0 Å². The molecule has 0 spiro atoms. The summed E-state index contributed by atoms with van der Waals surface area (Å²) >= 11 is 0. The number of carbonyl (C=O) groups is 2. The summed E-state index contributed by atoms with van der Waals surface area (Å²) in [7, 11) is 2.14. The fourth-order valence-corrected chi connectivity index (χ4v) is 4.40. The zero-order chi connectivity index (χ0) is 21.2. The molecular weight excluding hydrogens is 360 g/mol. The van der Waals surface area contributed by atoms with Crippen molar-refractivity contribution in [3.8, 4) is 0 Å². The molecule has 1 aliphatic carbocycles. The summed E-state index contributed by atoms with van der Waals surface area (Å²) in [6, 6.07) is 0. The third-order valence-corrected chi connectivity index (χ3v) is 5.91. The third kappa shape index (κ3) is 6.40. The minimum atomic E-state index is -0.296. The first-order chi connectivity index (χ1) is 14.0. The van der Waals surface area contributed by atoms with Gasteiger partial charge in [0.1, 0.15) is 0 Å². The molecule has 2 aliphatic rings. The van der Waals surface area contributed by atoms with E-state index >= 15 is 0 Å². The van der Waals surface area contributed by atoms with Gasteiger partial charge in [0.15, 0.2) is 0 Å². The van der Waals surface area contributed by atoms with Crippen LogP contribution in [0.3, 0.4) is 0 Å². The van der Waals surface area contributed by atoms with Gasteiger partial charge in [-0.3, -0.25) is 14.9 Å². The second-order valence-corrected chi connectivity index (χ2v) is 8.09. The lowest BCUT2D eigenvalue weighted by molar-refractivity contribution is -0.122. The van der Waals surface area contributed by atoms with Crippen LogP contribution in [0.2, 0.25) is 0 Å². The smallest absolute Gasteiger partial charge is 0.257 e. The van der Waals surface area contributed by atoms with E-state index in [0.717, 1.165) is 50.8 Å². The maximum atomic E-state index is 12.8. The van der Waals surface area contributed by atoms with Crippen LogP contribution < -0.4 is 5.32 Å². The van der Waals surface area contributed by atoms with E-state index in [0.29, 0.717) is 23.8 Å². The van der Waals surface area contributed by atoms with Gasteiger partial charge in [0.05, 0.1) is 0 Å². The molecule has 0 aromatic heterocycles. The first-order valence-electron chi connectivity index (χ1n) is 10.9. The second kappa shape index (κ2) is 11.7. The fraction of sp³-hybridized carbons (Fsp3) is 0.520. The van der Waals surface area contributed by atoms with E-state index in [9.17, 15) is 9.59 Å². The van der Waals surface area contributed by atoms with Crippen molar-refractivity contribution in [3.05, 3.63) is 58.7 Å². The molecule has 1 fully saturated rings. The van der Waals surface area contributed by atoms with Crippen LogP contribution in [0.4, 0.5) is 0 Å². The number of allylic oxidation sites excluding steroid dienone is 7. The monoisotopic (exact) mass is 396 g/mol. The lowest BCUT2D eigenvalue weighted by Gasteiger charge is -2.30. The summed E-state index contributed by atoms with van der Waals surface area (Å²) in [6.07, 6.45) is 18.2. The van der Waals surface area contributed by atoms with Gasteiger partial charge in [-0.05, 0) is 69.1 Å². The molecule has 2 rings (SSSR count). The average Bonchev–Trinajstić information content (AvgIpc) is 2.72. The lowest BCUT2D eigenvalue weighted by Crippen LogP contribution is -2.30. The summed E-state index contributed by atoms with van der Waals surface area (Å²) < 4.78 is 0. The number of hydrogen-bond acceptors (Lipinski definition) is 3. The molecular formula is C25H36N2O2. The quantitative estimate of drug-likeness (QED) is 0.477. The number of piperidine rings is 1. The van der Waals surface area contributed by atoms with Crippen LogP contribution in [0.5, 0.6) is 0 Å². The van der Waals surface area contributed by atoms with E-state index < -0.39 is 0 Å². The number of hydrogen-bond donors (Lipinski definition) is 1. The minimum absolute atomic E-state index is 0.296. The van der Waals surface area contributed by atoms with Crippen molar-refractivity contribution in [2.75, 3.05) is 20.1 Å². The molecule has 0 radical (unpaired) electrons. The highest BCUT2D eigenvalue weighted by atomic mass is 16.2. The molecule has 2 amide bonds. The number of rotatable bonds is 8. The van der Waals surface area contributed by atoms with Gasteiger partial charge in [0.2, 0.25) is 6.41 Å². The Balaban J connectivity index is 2.43. The van der Waals surface area contributed by atoms with E-state index in [2.05, 4.69) is 61.5 Å². The Labute approximate surface area is 176 Å². The summed E-state index contributed by atoms with van der Waals surface area (Å²) in [6.45, 7) is 8.35. The average molecular weight is 397 g/mol. The molecule has 1 heterocycles. The first kappa shape index (κ1) is 23.1. The number of likely N-dealkylation sites (tertiary alicyclic amines) is 1. The highest BCUT2D eigenvalue weighted by molar-refractivity contribution is 6.03. The first-order valence-corrected chi connectivity index (χ1v) is 10.9. The summed E-state index contributed by atoms with van der Waals surface area (Å²) in [5.74, 6) is 0.555. The molecule has 1 saturated heterocycles. The van der Waals surface area contributed by atoms with E-state index in [1.807, 2.05) is 13.0 Å². The molecule has 4 nitrogen and oxygen atoms in total. The third-order valence-electron chi connectivity index (χ3n) is 5.91. The topological polar surface area (TPSA) is 49.4 Å². The Morgan fingerprint density at radius 3 is 2.59 bits per heavy atom. The lowest BCUT2D eigenvalue weighted by atomic mass is 9.78. The molecule has 1 N–H and O–H groups in total. The van der Waals surface area contributed by atoms with Crippen molar-refractivity contribution in [3.63, 3.8) is 0 Å². The predicted molar refractivity (Wildman–Crippen MR) is 120 cm³/mol. The normalized spacial score (nSPS) is 21.8. The van der Waals surface area contributed by atoms with Crippen molar-refractivity contribution >= 4 is 12.3 Å². The Morgan fingerprint density at radius 1 is 1.31 bits per heavy atom. The maximum absolute atomic E-state index is 12.8. The Hall–Kier alpha value is -2.20. The fourth-order valence-electron chi connectivity index (χ4n) is 4.40. The largest absolute Gasteiger partial charge is 0.306 e. The summed E-state index contributed by atoms with van der Waals surface area (Å²) in [5.41, 5.74) is 4.29. The standard InChI is InChI=1S/C25H36N2O2/c1-5-10-23(25(29)26-18-28)24(21-13-15-27(4)16-14-21)22(6-2)19(3)17-20-11-8-7-9-12-20/h6-11,18-20H,5,12-17H2,1-4H3,(H,26,28,29)/b22-6-,23-10+. The zero-order valence-electron chi connectivity index (χ0n) is 18.4. The van der Waals surface area contributed by atoms with Gasteiger partial charge in [-0.1, -0.05) is 55.9 Å². The number of nitrogens with zero attached hydrogens (tertiary/aromatic N) is 1. The van der Waals surface area contributed by atoms with Crippen LogP contribution >= 0.6 is 0 Å². The molecule has 0 aromatic carbocycles. The number of carbonyl (C=O) groups excluding carboxylic acids is 2. The van der Waals surface area contributed by atoms with E-state index in [-0.39, 0.29) is 5.91 Å². The molecule has 0 aromatic rings. The van der Waals surface area contributed by atoms with Crippen LogP contribution in [-0.4, -0.2) is 37.4 Å².